The summed E-state index contributed by atoms with van der Waals surface area (Å²) in [6, 6.07) is 1.42. The molecule has 0 radical (unpaired) electrons. The summed E-state index contributed by atoms with van der Waals surface area (Å²) >= 11 is 6.28. The standard InChI is InChI=1S/C24H23Br2F4N3O4/c25-15-6-12(7-16(26)19(15)34)9-18(23(37)33-17(8-11-4-5-11)20(35)22(31)36)32-21(24(28,29)30)13-2-1-3-14(27)10-13/h1-3,6-7,10-11,17-18,21,32,34H,4-5,8-9H2,(H2,31,36)(H,33,37)/t17-,18-,21-/m0/s1. The highest BCUT2D eigenvalue weighted by molar-refractivity contribution is 9.11. The molecule has 0 unspecified atom stereocenters. The number of carbonyl (C=O) groups is 3. The number of hydrogen-bond donors (Lipinski definition) is 4. The number of benzene rings is 2. The highest BCUT2D eigenvalue weighted by atomic mass is 79.9. The van der Waals surface area contributed by atoms with Gasteiger partial charge in [0.15, 0.2) is 0 Å². The van der Waals surface area contributed by atoms with Crippen LogP contribution in [-0.2, 0) is 20.8 Å². The number of ketones is 1. The first-order valence-corrected chi connectivity index (χ1v) is 12.7. The van der Waals surface area contributed by atoms with Gasteiger partial charge in [-0.25, -0.2) is 4.39 Å². The predicted octanol–water partition coefficient (Wildman–Crippen LogP) is 4.20. The van der Waals surface area contributed by atoms with Crippen LogP contribution in [0.4, 0.5) is 17.6 Å². The molecule has 1 saturated carbocycles. The second-order valence-corrected chi connectivity index (χ2v) is 10.5. The fourth-order valence-corrected chi connectivity index (χ4v) is 5.11. The molecule has 200 valence electrons. The Morgan fingerprint density at radius 1 is 1.08 bits per heavy atom. The molecule has 1 aliphatic rings. The lowest BCUT2D eigenvalue weighted by molar-refractivity contribution is -0.161. The summed E-state index contributed by atoms with van der Waals surface area (Å²) in [5.74, 6) is -4.26. The first kappa shape index (κ1) is 29.1. The van der Waals surface area contributed by atoms with E-state index in [4.69, 9.17) is 5.73 Å². The largest absolute Gasteiger partial charge is 0.506 e. The van der Waals surface area contributed by atoms with Gasteiger partial charge in [-0.3, -0.25) is 19.7 Å². The lowest BCUT2D eigenvalue weighted by Gasteiger charge is -2.29. The van der Waals surface area contributed by atoms with Gasteiger partial charge in [0.05, 0.1) is 21.0 Å². The van der Waals surface area contributed by atoms with Gasteiger partial charge >= 0.3 is 6.18 Å². The molecule has 0 aliphatic heterocycles. The number of Topliss-reactive ketones (excluding diaryl/α,β-unsaturated/α-hetero) is 1. The van der Waals surface area contributed by atoms with Gasteiger partial charge in [0.2, 0.25) is 11.7 Å². The quantitative estimate of drug-likeness (QED) is 0.214. The maximum absolute atomic E-state index is 14.1. The van der Waals surface area contributed by atoms with Crippen molar-refractivity contribution in [3.63, 3.8) is 0 Å². The van der Waals surface area contributed by atoms with E-state index in [9.17, 15) is 37.1 Å². The molecule has 2 aromatic rings. The topological polar surface area (TPSA) is 122 Å². The molecular weight excluding hydrogens is 630 g/mol. The number of carbonyl (C=O) groups excluding carboxylic acids is 3. The lowest BCUT2D eigenvalue weighted by Crippen LogP contribution is -2.55. The van der Waals surface area contributed by atoms with Crippen molar-refractivity contribution in [1.82, 2.24) is 10.6 Å². The lowest BCUT2D eigenvalue weighted by atomic mass is 9.99. The maximum atomic E-state index is 14.1. The van der Waals surface area contributed by atoms with E-state index in [-0.39, 0.29) is 33.5 Å². The molecule has 0 spiro atoms. The fraction of sp³-hybridized carbons (Fsp3) is 0.375. The first-order chi connectivity index (χ1) is 17.3. The predicted molar refractivity (Wildman–Crippen MR) is 133 cm³/mol. The third-order valence-electron chi connectivity index (χ3n) is 5.85. The number of primary amides is 1. The molecule has 7 nitrogen and oxygen atoms in total. The monoisotopic (exact) mass is 651 g/mol. The fourth-order valence-electron chi connectivity index (χ4n) is 3.83. The Bertz CT molecular complexity index is 1170. The number of halogens is 6. The molecule has 1 aliphatic carbocycles. The van der Waals surface area contributed by atoms with Crippen LogP contribution in [0.2, 0.25) is 0 Å². The average molecular weight is 653 g/mol. The maximum Gasteiger partial charge on any atom is 0.407 e. The van der Waals surface area contributed by atoms with Crippen molar-refractivity contribution in [3.05, 3.63) is 62.3 Å². The number of alkyl halides is 3. The third-order valence-corrected chi connectivity index (χ3v) is 7.06. The van der Waals surface area contributed by atoms with E-state index in [1.54, 1.807) is 0 Å². The molecule has 2 amide bonds. The van der Waals surface area contributed by atoms with Crippen molar-refractivity contribution in [3.8, 4) is 5.75 Å². The molecule has 3 rings (SSSR count). The summed E-state index contributed by atoms with van der Waals surface area (Å²) in [7, 11) is 0. The van der Waals surface area contributed by atoms with Gasteiger partial charge in [0.1, 0.15) is 17.6 Å². The van der Waals surface area contributed by atoms with E-state index in [0.29, 0.717) is 11.6 Å². The summed E-state index contributed by atoms with van der Waals surface area (Å²) in [4.78, 5) is 37.1. The highest BCUT2D eigenvalue weighted by Crippen LogP contribution is 2.36. The van der Waals surface area contributed by atoms with E-state index in [1.807, 2.05) is 0 Å². The number of hydrogen-bond acceptors (Lipinski definition) is 5. The van der Waals surface area contributed by atoms with E-state index >= 15 is 0 Å². The van der Waals surface area contributed by atoms with Crippen LogP contribution in [0, 0.1) is 11.7 Å². The smallest absolute Gasteiger partial charge is 0.407 e. The van der Waals surface area contributed by atoms with Gasteiger partial charge in [0, 0.05) is 0 Å². The number of rotatable bonds is 11. The third kappa shape index (κ3) is 7.99. The second kappa shape index (κ2) is 11.9. The van der Waals surface area contributed by atoms with Crippen LogP contribution in [0.25, 0.3) is 0 Å². The number of aromatic hydroxyl groups is 1. The molecule has 2 aromatic carbocycles. The van der Waals surface area contributed by atoms with Gasteiger partial charge in [-0.2, -0.15) is 13.2 Å². The molecule has 1 fully saturated rings. The average Bonchev–Trinajstić information content (AvgIpc) is 3.62. The molecule has 0 bridgehead atoms. The number of amides is 2. The molecule has 3 atom stereocenters. The molecule has 0 saturated heterocycles. The van der Waals surface area contributed by atoms with Crippen molar-refractivity contribution in [2.45, 2.75) is 50.0 Å². The Morgan fingerprint density at radius 3 is 2.22 bits per heavy atom. The van der Waals surface area contributed by atoms with Gasteiger partial charge in [-0.05, 0) is 86.0 Å². The van der Waals surface area contributed by atoms with Gasteiger partial charge in [-0.15, -0.1) is 0 Å². The Hall–Kier alpha value is -2.51. The van der Waals surface area contributed by atoms with Crippen LogP contribution in [-0.4, -0.2) is 41.0 Å². The Morgan fingerprint density at radius 2 is 1.70 bits per heavy atom. The number of phenolic OH excluding ortho intramolecular Hbond substituents is 1. The van der Waals surface area contributed by atoms with Gasteiger partial charge in [0.25, 0.3) is 5.91 Å². The van der Waals surface area contributed by atoms with Crippen molar-refractivity contribution in [2.24, 2.45) is 11.7 Å². The molecule has 13 heteroatoms. The van der Waals surface area contributed by atoms with Crippen molar-refractivity contribution in [2.75, 3.05) is 0 Å². The van der Waals surface area contributed by atoms with Gasteiger partial charge < -0.3 is 16.2 Å². The van der Waals surface area contributed by atoms with E-state index < -0.39 is 53.3 Å². The van der Waals surface area contributed by atoms with Crippen LogP contribution in [0.15, 0.2) is 45.3 Å². The first-order valence-electron chi connectivity index (χ1n) is 11.2. The molecule has 0 aromatic heterocycles. The Labute approximate surface area is 226 Å². The minimum atomic E-state index is -4.92. The van der Waals surface area contributed by atoms with Crippen LogP contribution in [0.5, 0.6) is 5.75 Å². The van der Waals surface area contributed by atoms with E-state index in [2.05, 4.69) is 42.5 Å². The Balaban J connectivity index is 1.96. The van der Waals surface area contributed by atoms with Crippen molar-refractivity contribution in [1.29, 1.82) is 0 Å². The minimum absolute atomic E-state index is 0.0826. The van der Waals surface area contributed by atoms with E-state index in [0.717, 1.165) is 31.0 Å². The van der Waals surface area contributed by atoms with Crippen molar-refractivity contribution < 1.29 is 37.1 Å². The summed E-state index contributed by atoms with van der Waals surface area (Å²) in [6.45, 7) is 0. The zero-order chi connectivity index (χ0) is 27.5. The summed E-state index contributed by atoms with van der Waals surface area (Å²) in [5, 5.41) is 14.6. The minimum Gasteiger partial charge on any atom is -0.506 e. The number of nitrogens with two attached hydrogens (primary N) is 1. The zero-order valence-electron chi connectivity index (χ0n) is 19.1. The van der Waals surface area contributed by atoms with E-state index in [1.165, 1.54) is 12.1 Å². The molecular formula is C24H23Br2F4N3O4. The summed E-state index contributed by atoms with van der Waals surface area (Å²) in [5.41, 5.74) is 5.00. The molecule has 5 N–H and O–H groups in total. The molecule has 37 heavy (non-hydrogen) atoms. The normalized spacial score (nSPS) is 16.1. The Kier molecular flexibility index (Phi) is 9.35. The molecule has 0 heterocycles. The van der Waals surface area contributed by atoms with Crippen molar-refractivity contribution >= 4 is 49.5 Å². The summed E-state index contributed by atoms with van der Waals surface area (Å²) in [6.07, 6.45) is -3.54. The van der Waals surface area contributed by atoms with Crippen LogP contribution >= 0.6 is 31.9 Å². The second-order valence-electron chi connectivity index (χ2n) is 8.83. The van der Waals surface area contributed by atoms with Crippen LogP contribution < -0.4 is 16.4 Å². The van der Waals surface area contributed by atoms with Crippen LogP contribution in [0.3, 0.4) is 0 Å². The zero-order valence-corrected chi connectivity index (χ0v) is 22.3. The summed E-state index contributed by atoms with van der Waals surface area (Å²) < 4.78 is 56.4. The van der Waals surface area contributed by atoms with Crippen LogP contribution in [0.1, 0.15) is 36.4 Å². The van der Waals surface area contributed by atoms with Gasteiger partial charge in [-0.1, -0.05) is 25.0 Å². The number of phenols is 1. The highest BCUT2D eigenvalue weighted by Gasteiger charge is 2.43. The number of nitrogens with one attached hydrogen (secondary N) is 2. The SMILES string of the molecule is NC(=O)C(=O)[C@H](CC1CC1)NC(=O)[C@H](Cc1cc(Br)c(O)c(Br)c1)N[C@@H](c1cccc(F)c1)C(F)(F)F.